The predicted molar refractivity (Wildman–Crippen MR) is 196 cm³/mol. The zero-order valence-electron chi connectivity index (χ0n) is 31.6. The lowest BCUT2D eigenvalue weighted by atomic mass is 9.99. The smallest absolute Gasteiger partial charge is 0.186 e. The van der Waals surface area contributed by atoms with Crippen molar-refractivity contribution in [2.45, 2.75) is 237 Å². The molecule has 1 fully saturated rings. The van der Waals surface area contributed by atoms with Crippen LogP contribution >= 0.6 is 0 Å². The molecule has 1 aliphatic rings. The highest BCUT2D eigenvalue weighted by atomic mass is 16.7. The molecule has 9 nitrogen and oxygen atoms in total. The van der Waals surface area contributed by atoms with E-state index in [1.165, 1.54) is 116 Å². The van der Waals surface area contributed by atoms with Gasteiger partial charge in [-0.1, -0.05) is 155 Å². The second-order valence-electron chi connectivity index (χ2n) is 14.6. The van der Waals surface area contributed by atoms with E-state index in [4.69, 9.17) is 14.2 Å². The highest BCUT2D eigenvalue weighted by Crippen LogP contribution is 2.23. The summed E-state index contributed by atoms with van der Waals surface area (Å²) in [6.07, 6.45) is 22.9. The van der Waals surface area contributed by atoms with E-state index in [1.54, 1.807) is 0 Å². The summed E-state index contributed by atoms with van der Waals surface area (Å²) in [5, 5.41) is 50.7. The Morgan fingerprint density at radius 3 is 1.51 bits per heavy atom. The molecule has 0 bridgehead atoms. The average molecular weight is 703 g/mol. The van der Waals surface area contributed by atoms with Crippen molar-refractivity contribution in [3.05, 3.63) is 0 Å². The number of hydrogen-bond acceptors (Lipinski definition) is 9. The van der Waals surface area contributed by atoms with Gasteiger partial charge >= 0.3 is 0 Å². The Hall–Kier alpha value is -0.650. The summed E-state index contributed by atoms with van der Waals surface area (Å²) in [4.78, 5) is 12.7. The summed E-state index contributed by atoms with van der Waals surface area (Å²) >= 11 is 0. The van der Waals surface area contributed by atoms with Gasteiger partial charge in [-0.2, -0.15) is 0 Å². The fraction of sp³-hybridized carbons (Fsp3) is 0.975. The second kappa shape index (κ2) is 32.0. The zero-order valence-corrected chi connectivity index (χ0v) is 31.6. The summed E-state index contributed by atoms with van der Waals surface area (Å²) in [6, 6.07) is 0. The summed E-state index contributed by atoms with van der Waals surface area (Å²) < 4.78 is 17.1. The van der Waals surface area contributed by atoms with Crippen molar-refractivity contribution >= 4 is 5.78 Å². The molecule has 0 aromatic rings. The fourth-order valence-electron chi connectivity index (χ4n) is 6.66. The minimum absolute atomic E-state index is 0.0793. The van der Waals surface area contributed by atoms with E-state index >= 15 is 0 Å². The van der Waals surface area contributed by atoms with Crippen molar-refractivity contribution in [3.8, 4) is 0 Å². The molecular formula is C40H78O9. The number of carbonyl (C=O) groups excluding carboxylic acids is 1. The van der Waals surface area contributed by atoms with Crippen LogP contribution < -0.4 is 0 Å². The standard InChI is InChI=1S/C40H78O9/c1-3-5-7-9-11-13-15-17-19-21-23-25-27-33(42)29-30-34(32-47-40-39(46)38(45)37(44)35(31-41)49-40)48-36(43)28-26-24-22-20-18-16-14-12-10-8-6-4-2/h34-41,43-46H,3-32H2,1-2H3/t34-,35?,36?,37?,38?,39?,40?/m1/s1. The van der Waals surface area contributed by atoms with Gasteiger partial charge in [0, 0.05) is 12.8 Å². The Kier molecular flexibility index (Phi) is 30.3. The van der Waals surface area contributed by atoms with Crippen molar-refractivity contribution in [1.29, 1.82) is 0 Å². The van der Waals surface area contributed by atoms with Gasteiger partial charge in [0.05, 0.1) is 19.3 Å². The van der Waals surface area contributed by atoms with Crippen LogP contribution in [-0.2, 0) is 19.0 Å². The van der Waals surface area contributed by atoms with Gasteiger partial charge < -0.3 is 39.7 Å². The molecule has 49 heavy (non-hydrogen) atoms. The third-order valence-corrected chi connectivity index (χ3v) is 10.0. The largest absolute Gasteiger partial charge is 0.394 e. The summed E-state index contributed by atoms with van der Waals surface area (Å²) in [5.41, 5.74) is 0. The molecule has 9 heteroatoms. The SMILES string of the molecule is CCCCCCCCCCCCCCC(=O)CC[C@H](COC1OC(CO)C(O)C(O)C1O)OC(O)CCCCCCCCCCCCCC. The first-order chi connectivity index (χ1) is 23.8. The van der Waals surface area contributed by atoms with Gasteiger partial charge in [0.1, 0.15) is 30.2 Å². The summed E-state index contributed by atoms with van der Waals surface area (Å²) in [7, 11) is 0. The summed E-state index contributed by atoms with van der Waals surface area (Å²) in [5.74, 6) is 0.156. The van der Waals surface area contributed by atoms with Gasteiger partial charge in [0.2, 0.25) is 0 Å². The molecule has 0 radical (unpaired) electrons. The monoisotopic (exact) mass is 703 g/mol. The van der Waals surface area contributed by atoms with Gasteiger partial charge in [0.25, 0.3) is 0 Å². The highest BCUT2D eigenvalue weighted by molar-refractivity contribution is 5.78. The number of ketones is 1. The van der Waals surface area contributed by atoms with Crippen LogP contribution in [0.2, 0.25) is 0 Å². The van der Waals surface area contributed by atoms with Crippen LogP contribution in [0.1, 0.15) is 194 Å². The van der Waals surface area contributed by atoms with Crippen LogP contribution in [0, 0.1) is 0 Å². The molecule has 1 rings (SSSR count). The van der Waals surface area contributed by atoms with Crippen molar-refractivity contribution in [1.82, 2.24) is 0 Å². The van der Waals surface area contributed by atoms with Crippen molar-refractivity contribution in [2.24, 2.45) is 0 Å². The van der Waals surface area contributed by atoms with E-state index in [0.717, 1.165) is 38.5 Å². The van der Waals surface area contributed by atoms with Gasteiger partial charge in [0.15, 0.2) is 12.6 Å². The van der Waals surface area contributed by atoms with Crippen LogP contribution in [0.4, 0.5) is 0 Å². The molecule has 0 spiro atoms. The molecular weight excluding hydrogens is 624 g/mol. The van der Waals surface area contributed by atoms with Crippen molar-refractivity contribution in [3.63, 3.8) is 0 Å². The van der Waals surface area contributed by atoms with Gasteiger partial charge in [-0.05, 0) is 25.7 Å². The van der Waals surface area contributed by atoms with Gasteiger partial charge in [-0.15, -0.1) is 0 Å². The third kappa shape index (κ3) is 24.3. The van der Waals surface area contributed by atoms with Crippen LogP contribution in [0.15, 0.2) is 0 Å². The Balaban J connectivity index is 2.37. The number of aliphatic hydroxyl groups is 5. The molecule has 5 N–H and O–H groups in total. The van der Waals surface area contributed by atoms with Gasteiger partial charge in [-0.3, -0.25) is 4.79 Å². The van der Waals surface area contributed by atoms with E-state index in [9.17, 15) is 30.3 Å². The molecule has 0 aromatic heterocycles. The van der Waals surface area contributed by atoms with Crippen LogP contribution in [-0.4, -0.2) is 87.6 Å². The third-order valence-electron chi connectivity index (χ3n) is 10.0. The molecule has 0 saturated carbocycles. The van der Waals surface area contributed by atoms with E-state index < -0.39 is 49.7 Å². The zero-order chi connectivity index (χ0) is 36.0. The first-order valence-corrected chi connectivity index (χ1v) is 20.6. The highest BCUT2D eigenvalue weighted by Gasteiger charge is 2.44. The first-order valence-electron chi connectivity index (χ1n) is 20.6. The molecule has 1 heterocycles. The number of aliphatic hydroxyl groups excluding tert-OH is 5. The fourth-order valence-corrected chi connectivity index (χ4v) is 6.66. The number of carbonyl (C=O) groups is 1. The maximum Gasteiger partial charge on any atom is 0.186 e. The Labute approximate surface area is 299 Å². The molecule has 0 aromatic carbocycles. The number of hydrogen-bond donors (Lipinski definition) is 5. The maximum atomic E-state index is 12.7. The number of unbranched alkanes of at least 4 members (excludes halogenated alkanes) is 22. The molecule has 292 valence electrons. The molecule has 0 amide bonds. The van der Waals surface area contributed by atoms with E-state index in [0.29, 0.717) is 25.7 Å². The van der Waals surface area contributed by atoms with Crippen LogP contribution in [0.3, 0.4) is 0 Å². The Morgan fingerprint density at radius 2 is 1.04 bits per heavy atom. The lowest BCUT2D eigenvalue weighted by Gasteiger charge is -2.40. The van der Waals surface area contributed by atoms with E-state index in [1.807, 2.05) is 0 Å². The van der Waals surface area contributed by atoms with Crippen LogP contribution in [0.25, 0.3) is 0 Å². The Bertz CT molecular complexity index is 737. The second-order valence-corrected chi connectivity index (χ2v) is 14.6. The predicted octanol–water partition coefficient (Wildman–Crippen LogP) is 8.04. The van der Waals surface area contributed by atoms with E-state index in [2.05, 4.69) is 13.8 Å². The molecule has 6 unspecified atom stereocenters. The lowest BCUT2D eigenvalue weighted by molar-refractivity contribution is -0.308. The van der Waals surface area contributed by atoms with Gasteiger partial charge in [-0.25, -0.2) is 0 Å². The molecule has 1 aliphatic heterocycles. The normalized spacial score (nSPS) is 22.4. The van der Waals surface area contributed by atoms with Crippen molar-refractivity contribution < 1.29 is 44.5 Å². The summed E-state index contributed by atoms with van der Waals surface area (Å²) in [6.45, 7) is 3.87. The molecule has 1 saturated heterocycles. The lowest BCUT2D eigenvalue weighted by Crippen LogP contribution is -2.59. The topological polar surface area (TPSA) is 146 Å². The minimum Gasteiger partial charge on any atom is -0.394 e. The minimum atomic E-state index is -1.54. The molecule has 0 aliphatic carbocycles. The average Bonchev–Trinajstić information content (AvgIpc) is 3.10. The molecule has 7 atom stereocenters. The first kappa shape index (κ1) is 46.4. The Morgan fingerprint density at radius 1 is 0.592 bits per heavy atom. The van der Waals surface area contributed by atoms with Crippen LogP contribution in [0.5, 0.6) is 0 Å². The maximum absolute atomic E-state index is 12.7. The number of rotatable bonds is 35. The van der Waals surface area contributed by atoms with E-state index in [-0.39, 0.29) is 12.4 Å². The number of ether oxygens (including phenoxy) is 3. The quantitative estimate of drug-likeness (QED) is 0.0327. The van der Waals surface area contributed by atoms with Crippen molar-refractivity contribution in [2.75, 3.05) is 13.2 Å². The number of Topliss-reactive ketones (excluding diaryl/α,β-unsaturated/α-hetero) is 1.